The second kappa shape index (κ2) is 10.4. The van der Waals surface area contributed by atoms with E-state index < -0.39 is 0 Å². The molecular formula is C21H36N4O. The molecule has 26 heavy (non-hydrogen) atoms. The molecule has 0 amide bonds. The molecule has 5 heteroatoms. The Balaban J connectivity index is 1.87. The SMILES string of the molecule is CCN1CCCC(CNC(=NC)NCc2ccc(C)cc2OC(C)C)C1. The number of nitrogens with zero attached hydrogens (tertiary/aromatic N) is 2. The Morgan fingerprint density at radius 3 is 2.85 bits per heavy atom. The van der Waals surface area contributed by atoms with Gasteiger partial charge in [0.05, 0.1) is 6.10 Å². The predicted molar refractivity (Wildman–Crippen MR) is 110 cm³/mol. The van der Waals surface area contributed by atoms with Crippen molar-refractivity contribution in [2.24, 2.45) is 10.9 Å². The van der Waals surface area contributed by atoms with Gasteiger partial charge in [-0.25, -0.2) is 0 Å². The highest BCUT2D eigenvalue weighted by molar-refractivity contribution is 5.79. The molecule has 1 saturated heterocycles. The monoisotopic (exact) mass is 360 g/mol. The number of aliphatic imine (C=N–C) groups is 1. The zero-order valence-corrected chi connectivity index (χ0v) is 17.1. The van der Waals surface area contributed by atoms with E-state index in [0.29, 0.717) is 12.5 Å². The van der Waals surface area contributed by atoms with Gasteiger partial charge in [0.2, 0.25) is 0 Å². The molecule has 1 aliphatic heterocycles. The molecule has 146 valence electrons. The Morgan fingerprint density at radius 2 is 2.15 bits per heavy atom. The quantitative estimate of drug-likeness (QED) is 0.579. The van der Waals surface area contributed by atoms with Gasteiger partial charge in [-0.15, -0.1) is 0 Å². The van der Waals surface area contributed by atoms with E-state index in [2.05, 4.69) is 66.4 Å². The second-order valence-corrected chi connectivity index (χ2v) is 7.49. The van der Waals surface area contributed by atoms with E-state index in [0.717, 1.165) is 30.4 Å². The molecule has 0 saturated carbocycles. The summed E-state index contributed by atoms with van der Waals surface area (Å²) in [6.07, 6.45) is 2.76. The van der Waals surface area contributed by atoms with Gasteiger partial charge in [-0.2, -0.15) is 0 Å². The van der Waals surface area contributed by atoms with Gasteiger partial charge < -0.3 is 20.3 Å². The molecule has 0 aromatic heterocycles. The molecule has 1 heterocycles. The molecular weight excluding hydrogens is 324 g/mol. The number of rotatable bonds is 7. The number of benzene rings is 1. The maximum atomic E-state index is 5.97. The summed E-state index contributed by atoms with van der Waals surface area (Å²) in [5, 5.41) is 6.93. The van der Waals surface area contributed by atoms with E-state index in [4.69, 9.17) is 4.74 Å². The number of ether oxygens (including phenoxy) is 1. The van der Waals surface area contributed by atoms with Crippen LogP contribution in [0.1, 0.15) is 44.7 Å². The van der Waals surface area contributed by atoms with E-state index in [1.165, 1.54) is 31.5 Å². The molecule has 2 N–H and O–H groups in total. The van der Waals surface area contributed by atoms with Gasteiger partial charge >= 0.3 is 0 Å². The van der Waals surface area contributed by atoms with E-state index in [1.54, 1.807) is 0 Å². The Labute approximate surface area is 159 Å². The van der Waals surface area contributed by atoms with Crippen LogP contribution < -0.4 is 15.4 Å². The van der Waals surface area contributed by atoms with Crippen LogP contribution in [0.2, 0.25) is 0 Å². The predicted octanol–water partition coefficient (Wildman–Crippen LogP) is 3.18. The van der Waals surface area contributed by atoms with Gasteiger partial charge in [-0.05, 0) is 64.3 Å². The van der Waals surface area contributed by atoms with Gasteiger partial charge in [0.25, 0.3) is 0 Å². The van der Waals surface area contributed by atoms with Gasteiger partial charge in [-0.3, -0.25) is 4.99 Å². The van der Waals surface area contributed by atoms with Crippen molar-refractivity contribution in [2.45, 2.75) is 53.2 Å². The van der Waals surface area contributed by atoms with Crippen molar-refractivity contribution in [1.82, 2.24) is 15.5 Å². The van der Waals surface area contributed by atoms with Crippen LogP contribution in [0.5, 0.6) is 5.75 Å². The molecule has 1 aromatic rings. The summed E-state index contributed by atoms with van der Waals surface area (Å²) in [4.78, 5) is 6.91. The molecule has 1 aliphatic rings. The minimum atomic E-state index is 0.167. The Hall–Kier alpha value is -1.75. The lowest BCUT2D eigenvalue weighted by Gasteiger charge is -2.32. The maximum Gasteiger partial charge on any atom is 0.191 e. The molecule has 1 fully saturated rings. The fourth-order valence-electron chi connectivity index (χ4n) is 3.42. The van der Waals surface area contributed by atoms with Gasteiger partial charge in [0, 0.05) is 32.2 Å². The first-order chi connectivity index (χ1) is 12.5. The van der Waals surface area contributed by atoms with Crippen molar-refractivity contribution in [1.29, 1.82) is 0 Å². The summed E-state index contributed by atoms with van der Waals surface area (Å²) in [6, 6.07) is 6.36. The molecule has 2 rings (SSSR count). The number of piperidine rings is 1. The number of aryl methyl sites for hydroxylation is 1. The summed E-state index contributed by atoms with van der Waals surface area (Å²) < 4.78 is 5.97. The lowest BCUT2D eigenvalue weighted by molar-refractivity contribution is 0.183. The van der Waals surface area contributed by atoms with Crippen molar-refractivity contribution in [3.05, 3.63) is 29.3 Å². The van der Waals surface area contributed by atoms with E-state index in [9.17, 15) is 0 Å². The molecule has 0 spiro atoms. The first-order valence-corrected chi connectivity index (χ1v) is 9.94. The van der Waals surface area contributed by atoms with E-state index in [1.807, 2.05) is 7.05 Å². The average molecular weight is 361 g/mol. The molecule has 0 aliphatic carbocycles. The highest BCUT2D eigenvalue weighted by Crippen LogP contribution is 2.21. The minimum Gasteiger partial charge on any atom is -0.491 e. The Morgan fingerprint density at radius 1 is 1.35 bits per heavy atom. The van der Waals surface area contributed by atoms with E-state index >= 15 is 0 Å². The van der Waals surface area contributed by atoms with Crippen LogP contribution in [0.4, 0.5) is 0 Å². The normalized spacial score (nSPS) is 18.8. The number of hydrogen-bond donors (Lipinski definition) is 2. The third kappa shape index (κ3) is 6.52. The zero-order chi connectivity index (χ0) is 18.9. The van der Waals surface area contributed by atoms with Gasteiger partial charge in [-0.1, -0.05) is 19.1 Å². The van der Waals surface area contributed by atoms with Crippen molar-refractivity contribution in [2.75, 3.05) is 33.2 Å². The summed E-state index contributed by atoms with van der Waals surface area (Å²) >= 11 is 0. The third-order valence-electron chi connectivity index (χ3n) is 4.86. The lowest BCUT2D eigenvalue weighted by atomic mass is 9.98. The molecule has 1 unspecified atom stereocenters. The van der Waals surface area contributed by atoms with Crippen LogP contribution in [0.15, 0.2) is 23.2 Å². The minimum absolute atomic E-state index is 0.167. The van der Waals surface area contributed by atoms with Crippen molar-refractivity contribution in [3.8, 4) is 5.75 Å². The smallest absolute Gasteiger partial charge is 0.191 e. The molecule has 1 aromatic carbocycles. The van der Waals surface area contributed by atoms with Crippen LogP contribution in [-0.2, 0) is 6.54 Å². The highest BCUT2D eigenvalue weighted by Gasteiger charge is 2.18. The summed E-state index contributed by atoms with van der Waals surface area (Å²) in [7, 11) is 1.83. The first kappa shape index (κ1) is 20.6. The number of likely N-dealkylation sites (tertiary alicyclic amines) is 1. The van der Waals surface area contributed by atoms with Crippen LogP contribution in [0, 0.1) is 12.8 Å². The van der Waals surface area contributed by atoms with Gasteiger partial charge in [0.1, 0.15) is 5.75 Å². The second-order valence-electron chi connectivity index (χ2n) is 7.49. The maximum absolute atomic E-state index is 5.97. The number of guanidine groups is 1. The van der Waals surface area contributed by atoms with Crippen LogP contribution in [-0.4, -0.2) is 50.2 Å². The van der Waals surface area contributed by atoms with E-state index in [-0.39, 0.29) is 6.10 Å². The lowest BCUT2D eigenvalue weighted by Crippen LogP contribution is -2.44. The summed E-state index contributed by atoms with van der Waals surface area (Å²) in [6.45, 7) is 13.7. The van der Waals surface area contributed by atoms with Gasteiger partial charge in [0.15, 0.2) is 5.96 Å². The Kier molecular flexibility index (Phi) is 8.23. The largest absolute Gasteiger partial charge is 0.491 e. The Bertz CT molecular complexity index is 585. The fraction of sp³-hybridized carbons (Fsp3) is 0.667. The molecule has 0 radical (unpaired) electrons. The highest BCUT2D eigenvalue weighted by atomic mass is 16.5. The van der Waals surface area contributed by atoms with Crippen molar-refractivity contribution < 1.29 is 4.74 Å². The number of hydrogen-bond acceptors (Lipinski definition) is 3. The van der Waals surface area contributed by atoms with Crippen LogP contribution in [0.3, 0.4) is 0 Å². The third-order valence-corrected chi connectivity index (χ3v) is 4.86. The van der Waals surface area contributed by atoms with Crippen LogP contribution in [0.25, 0.3) is 0 Å². The molecule has 5 nitrogen and oxygen atoms in total. The standard InChI is InChI=1S/C21H36N4O/c1-6-25-11-7-8-18(15-25)13-23-21(22-5)24-14-19-10-9-17(4)12-20(19)26-16(2)3/h9-10,12,16,18H,6-8,11,13-15H2,1-5H3,(H2,22,23,24). The van der Waals surface area contributed by atoms with Crippen LogP contribution >= 0.6 is 0 Å². The van der Waals surface area contributed by atoms with Crippen molar-refractivity contribution in [3.63, 3.8) is 0 Å². The zero-order valence-electron chi connectivity index (χ0n) is 17.1. The molecule has 1 atom stereocenters. The summed E-state index contributed by atoms with van der Waals surface area (Å²) in [5.41, 5.74) is 2.37. The number of nitrogens with one attached hydrogen (secondary N) is 2. The first-order valence-electron chi connectivity index (χ1n) is 9.94. The molecule has 0 bridgehead atoms. The van der Waals surface area contributed by atoms with Crippen molar-refractivity contribution >= 4 is 5.96 Å². The topological polar surface area (TPSA) is 48.9 Å². The summed E-state index contributed by atoms with van der Waals surface area (Å²) in [5.74, 6) is 2.50. The average Bonchev–Trinajstić information content (AvgIpc) is 2.63. The fourth-order valence-corrected chi connectivity index (χ4v) is 3.42.